The van der Waals surface area contributed by atoms with Gasteiger partial charge in [-0.2, -0.15) is 0 Å². The number of amides is 2. The van der Waals surface area contributed by atoms with Crippen LogP contribution in [0.25, 0.3) is 0 Å². The average molecular weight is 516 g/mol. The van der Waals surface area contributed by atoms with Crippen molar-refractivity contribution in [3.05, 3.63) is 65.2 Å². The lowest BCUT2D eigenvalue weighted by Gasteiger charge is -2.31. The quantitative estimate of drug-likeness (QED) is 0.428. The summed E-state index contributed by atoms with van der Waals surface area (Å²) in [5.74, 6) is -0.0264. The van der Waals surface area contributed by atoms with Crippen molar-refractivity contribution in [3.63, 3.8) is 0 Å². The number of carbonyl (C=O) groups excluding carboxylic acids is 2. The number of nitrogens with zero attached hydrogens (tertiary/aromatic N) is 2. The maximum Gasteiger partial charge on any atom is 0.242 e. The Kier molecular flexibility index (Phi) is 11.0. The first-order chi connectivity index (χ1) is 16.9. The second-order valence-corrected chi connectivity index (χ2v) is 11.8. The van der Waals surface area contributed by atoms with Gasteiger partial charge in [0.1, 0.15) is 6.04 Å². The number of nitrogens with one attached hydrogen (secondary N) is 1. The van der Waals surface area contributed by atoms with Gasteiger partial charge in [-0.15, -0.1) is 0 Å². The van der Waals surface area contributed by atoms with Crippen LogP contribution in [0.4, 0.5) is 5.69 Å². The summed E-state index contributed by atoms with van der Waals surface area (Å²) in [6.45, 7) is 10.9. The first kappa shape index (κ1) is 29.4. The summed E-state index contributed by atoms with van der Waals surface area (Å²) < 4.78 is 26.3. The first-order valence-corrected chi connectivity index (χ1v) is 14.4. The van der Waals surface area contributed by atoms with E-state index in [-0.39, 0.29) is 24.8 Å². The van der Waals surface area contributed by atoms with E-state index in [0.717, 1.165) is 16.7 Å². The molecule has 7 nitrogen and oxygen atoms in total. The fourth-order valence-corrected chi connectivity index (χ4v) is 5.09. The van der Waals surface area contributed by atoms with Gasteiger partial charge in [0.25, 0.3) is 0 Å². The van der Waals surface area contributed by atoms with Gasteiger partial charge < -0.3 is 10.2 Å². The molecule has 0 aromatic heterocycles. The van der Waals surface area contributed by atoms with Gasteiger partial charge in [0.2, 0.25) is 21.8 Å². The Bertz CT molecular complexity index is 1130. The van der Waals surface area contributed by atoms with Gasteiger partial charge in [0, 0.05) is 26.1 Å². The summed E-state index contributed by atoms with van der Waals surface area (Å²) >= 11 is 0. The Morgan fingerprint density at radius 1 is 1.00 bits per heavy atom. The summed E-state index contributed by atoms with van der Waals surface area (Å²) in [4.78, 5) is 28.1. The van der Waals surface area contributed by atoms with E-state index < -0.39 is 16.1 Å². The van der Waals surface area contributed by atoms with Crippen molar-refractivity contribution in [2.45, 2.75) is 66.5 Å². The second-order valence-electron chi connectivity index (χ2n) is 9.85. The van der Waals surface area contributed by atoms with Crippen LogP contribution in [0.3, 0.4) is 0 Å². The number of aryl methyl sites for hydroxylation is 2. The van der Waals surface area contributed by atoms with E-state index in [4.69, 9.17) is 0 Å². The number of anilines is 1. The van der Waals surface area contributed by atoms with Gasteiger partial charge in [-0.1, -0.05) is 62.7 Å². The van der Waals surface area contributed by atoms with Crippen molar-refractivity contribution in [1.82, 2.24) is 10.2 Å². The van der Waals surface area contributed by atoms with Gasteiger partial charge in [-0.05, 0) is 55.9 Å². The predicted molar refractivity (Wildman–Crippen MR) is 146 cm³/mol. The zero-order chi connectivity index (χ0) is 26.9. The van der Waals surface area contributed by atoms with Crippen LogP contribution in [0.15, 0.2) is 48.5 Å². The molecule has 0 saturated heterocycles. The van der Waals surface area contributed by atoms with E-state index in [1.54, 1.807) is 11.0 Å². The molecule has 0 aliphatic heterocycles. The van der Waals surface area contributed by atoms with Crippen molar-refractivity contribution in [3.8, 4) is 0 Å². The predicted octanol–water partition coefficient (Wildman–Crippen LogP) is 4.43. The minimum Gasteiger partial charge on any atom is -0.354 e. The fraction of sp³-hybridized carbons (Fsp3) is 0.500. The second kappa shape index (κ2) is 13.4. The van der Waals surface area contributed by atoms with Gasteiger partial charge in [-0.3, -0.25) is 13.9 Å². The molecule has 0 radical (unpaired) electrons. The lowest BCUT2D eigenvalue weighted by molar-refractivity contribution is -0.141. The van der Waals surface area contributed by atoms with Crippen LogP contribution in [0, 0.1) is 19.8 Å². The molecule has 0 unspecified atom stereocenters. The largest absolute Gasteiger partial charge is 0.354 e. The number of carbonyl (C=O) groups is 2. The molecule has 0 heterocycles. The van der Waals surface area contributed by atoms with E-state index in [1.807, 2.05) is 77.1 Å². The van der Waals surface area contributed by atoms with Crippen LogP contribution in [0.1, 0.15) is 56.7 Å². The molecule has 0 aliphatic carbocycles. The van der Waals surface area contributed by atoms with Crippen molar-refractivity contribution in [2.75, 3.05) is 23.7 Å². The molecular formula is C28H41N3O4S. The van der Waals surface area contributed by atoms with Crippen LogP contribution in [-0.2, 0) is 26.2 Å². The molecule has 2 aromatic carbocycles. The van der Waals surface area contributed by atoms with Crippen molar-refractivity contribution in [2.24, 2.45) is 5.92 Å². The van der Waals surface area contributed by atoms with Gasteiger partial charge in [0.15, 0.2) is 0 Å². The Labute approximate surface area is 216 Å². The van der Waals surface area contributed by atoms with E-state index in [2.05, 4.69) is 5.32 Å². The van der Waals surface area contributed by atoms with E-state index >= 15 is 0 Å². The van der Waals surface area contributed by atoms with Gasteiger partial charge >= 0.3 is 0 Å². The number of benzene rings is 2. The Hall–Kier alpha value is -2.87. The topological polar surface area (TPSA) is 86.8 Å². The monoisotopic (exact) mass is 515 g/mol. The van der Waals surface area contributed by atoms with Crippen LogP contribution >= 0.6 is 0 Å². The highest BCUT2D eigenvalue weighted by molar-refractivity contribution is 7.92. The molecule has 0 aliphatic rings. The first-order valence-electron chi connectivity index (χ1n) is 12.6. The SMILES string of the molecule is CC[C@H](C(=O)NCC(C)C)N(Cc1cccc(C)c1)C(=O)CCCN(c1cccc(C)c1)S(C)(=O)=O. The molecule has 8 heteroatoms. The third kappa shape index (κ3) is 8.97. The molecule has 0 saturated carbocycles. The Morgan fingerprint density at radius 2 is 1.64 bits per heavy atom. The maximum atomic E-state index is 13.5. The minimum atomic E-state index is -3.51. The van der Waals surface area contributed by atoms with Crippen molar-refractivity contribution < 1.29 is 18.0 Å². The summed E-state index contributed by atoms with van der Waals surface area (Å²) in [7, 11) is -3.51. The molecule has 36 heavy (non-hydrogen) atoms. The number of hydrogen-bond donors (Lipinski definition) is 1. The van der Waals surface area contributed by atoms with Crippen LogP contribution in [0.5, 0.6) is 0 Å². The standard InChI is InChI=1S/C28H41N3O4S/c1-7-26(28(33)29-19-21(2)3)30(20-24-13-8-11-22(4)17-24)27(32)15-10-16-31(36(6,34)35)25-14-9-12-23(5)18-25/h8-9,11-14,17-18,21,26H,7,10,15-16,19-20H2,1-6H3,(H,29,33)/t26-/m1/s1. The van der Waals surface area contributed by atoms with Crippen LogP contribution in [0.2, 0.25) is 0 Å². The normalized spacial score (nSPS) is 12.3. The lowest BCUT2D eigenvalue weighted by atomic mass is 10.1. The van der Waals surface area contributed by atoms with E-state index in [9.17, 15) is 18.0 Å². The molecule has 2 rings (SSSR count). The number of sulfonamides is 1. The molecule has 2 amide bonds. The number of hydrogen-bond acceptors (Lipinski definition) is 4. The van der Waals surface area contributed by atoms with Crippen LogP contribution in [-0.4, -0.2) is 50.5 Å². The highest BCUT2D eigenvalue weighted by atomic mass is 32.2. The highest BCUT2D eigenvalue weighted by Crippen LogP contribution is 2.21. The van der Waals surface area contributed by atoms with Crippen molar-refractivity contribution >= 4 is 27.5 Å². The van der Waals surface area contributed by atoms with Crippen LogP contribution < -0.4 is 9.62 Å². The summed E-state index contributed by atoms with van der Waals surface area (Å²) in [6.07, 6.45) is 2.14. The molecule has 0 spiro atoms. The smallest absolute Gasteiger partial charge is 0.242 e. The zero-order valence-corrected chi connectivity index (χ0v) is 23.3. The fourth-order valence-electron chi connectivity index (χ4n) is 4.14. The molecule has 198 valence electrons. The molecule has 2 aromatic rings. The van der Waals surface area contributed by atoms with E-state index in [0.29, 0.717) is 37.5 Å². The van der Waals surface area contributed by atoms with Gasteiger partial charge in [0.05, 0.1) is 11.9 Å². The van der Waals surface area contributed by atoms with Gasteiger partial charge in [-0.25, -0.2) is 8.42 Å². The third-order valence-electron chi connectivity index (χ3n) is 5.95. The summed E-state index contributed by atoms with van der Waals surface area (Å²) in [5.41, 5.74) is 3.58. The summed E-state index contributed by atoms with van der Waals surface area (Å²) in [5, 5.41) is 2.97. The highest BCUT2D eigenvalue weighted by Gasteiger charge is 2.29. The molecule has 0 fully saturated rings. The molecule has 1 N–H and O–H groups in total. The number of rotatable bonds is 13. The average Bonchev–Trinajstić information content (AvgIpc) is 2.79. The molecular weight excluding hydrogens is 474 g/mol. The summed E-state index contributed by atoms with van der Waals surface area (Å²) in [6, 6.07) is 14.6. The van der Waals surface area contributed by atoms with E-state index in [1.165, 1.54) is 10.6 Å². The molecule has 0 bridgehead atoms. The lowest BCUT2D eigenvalue weighted by Crippen LogP contribution is -2.49. The Morgan fingerprint density at radius 3 is 2.19 bits per heavy atom. The maximum absolute atomic E-state index is 13.5. The Balaban J connectivity index is 2.21. The third-order valence-corrected chi connectivity index (χ3v) is 7.14. The minimum absolute atomic E-state index is 0.137. The zero-order valence-electron chi connectivity index (χ0n) is 22.5. The molecule has 1 atom stereocenters. The van der Waals surface area contributed by atoms with Crippen molar-refractivity contribution in [1.29, 1.82) is 0 Å².